The molecule has 1 aromatic carbocycles. The van der Waals surface area contributed by atoms with Crippen LogP contribution in [-0.2, 0) is 0 Å². The van der Waals surface area contributed by atoms with E-state index in [1.54, 1.807) is 18.2 Å². The predicted molar refractivity (Wildman–Crippen MR) is 69.2 cm³/mol. The highest BCUT2D eigenvalue weighted by Gasteiger charge is 2.17. The molecule has 4 nitrogen and oxygen atoms in total. The molecule has 0 spiro atoms. The van der Waals surface area contributed by atoms with E-state index < -0.39 is 0 Å². The van der Waals surface area contributed by atoms with Crippen LogP contribution in [0.2, 0.25) is 0 Å². The van der Waals surface area contributed by atoms with Gasteiger partial charge in [-0.15, -0.1) is 0 Å². The molecule has 0 fully saturated rings. The standard InChI is InChI=1S/C13H20N2O2/c1-8(2)9(3)15-13(16)10-6-5-7-11(14)12(10)17-4/h5-9H,14H2,1-4H3,(H,15,16). The second kappa shape index (κ2) is 5.57. The highest BCUT2D eigenvalue weighted by Crippen LogP contribution is 2.25. The van der Waals surface area contributed by atoms with E-state index in [-0.39, 0.29) is 11.9 Å². The SMILES string of the molecule is COc1c(N)cccc1C(=O)NC(C)C(C)C. The first-order valence-electron chi connectivity index (χ1n) is 5.70. The zero-order chi connectivity index (χ0) is 13.0. The molecule has 0 heterocycles. The van der Waals surface area contributed by atoms with Gasteiger partial charge in [-0.25, -0.2) is 0 Å². The normalized spacial score (nSPS) is 12.3. The van der Waals surface area contributed by atoms with Crippen molar-refractivity contribution < 1.29 is 9.53 Å². The molecule has 3 N–H and O–H groups in total. The molecular formula is C13H20N2O2. The average Bonchev–Trinajstić information content (AvgIpc) is 2.28. The minimum atomic E-state index is -0.157. The molecule has 1 rings (SSSR count). The Bertz CT molecular complexity index is 402. The van der Waals surface area contributed by atoms with E-state index in [2.05, 4.69) is 19.2 Å². The number of nitrogen functional groups attached to an aromatic ring is 1. The molecule has 0 saturated heterocycles. The Morgan fingerprint density at radius 3 is 2.53 bits per heavy atom. The van der Waals surface area contributed by atoms with Crippen LogP contribution in [0.3, 0.4) is 0 Å². The van der Waals surface area contributed by atoms with Crippen LogP contribution in [0, 0.1) is 5.92 Å². The maximum absolute atomic E-state index is 12.0. The third-order valence-corrected chi connectivity index (χ3v) is 2.85. The van der Waals surface area contributed by atoms with E-state index in [0.717, 1.165) is 0 Å². The van der Waals surface area contributed by atoms with Gasteiger partial charge < -0.3 is 15.8 Å². The maximum atomic E-state index is 12.0. The molecule has 0 aliphatic heterocycles. The number of carbonyl (C=O) groups is 1. The van der Waals surface area contributed by atoms with Gasteiger partial charge in [-0.2, -0.15) is 0 Å². The number of anilines is 1. The van der Waals surface area contributed by atoms with Gasteiger partial charge in [-0.05, 0) is 25.0 Å². The summed E-state index contributed by atoms with van der Waals surface area (Å²) in [6.07, 6.45) is 0. The molecule has 0 bridgehead atoms. The summed E-state index contributed by atoms with van der Waals surface area (Å²) >= 11 is 0. The number of ether oxygens (including phenoxy) is 1. The number of carbonyl (C=O) groups excluding carboxylic acids is 1. The minimum Gasteiger partial charge on any atom is -0.494 e. The Balaban J connectivity index is 2.93. The first kappa shape index (κ1) is 13.4. The lowest BCUT2D eigenvalue weighted by molar-refractivity contribution is 0.0927. The molecule has 0 aliphatic rings. The summed E-state index contributed by atoms with van der Waals surface area (Å²) in [6, 6.07) is 5.26. The zero-order valence-corrected chi connectivity index (χ0v) is 10.8. The van der Waals surface area contributed by atoms with Crippen LogP contribution in [0.25, 0.3) is 0 Å². The summed E-state index contributed by atoms with van der Waals surface area (Å²) in [5, 5.41) is 2.92. The van der Waals surface area contributed by atoms with Crippen molar-refractivity contribution in [1.82, 2.24) is 5.32 Å². The van der Waals surface area contributed by atoms with E-state index in [4.69, 9.17) is 10.5 Å². The molecule has 4 heteroatoms. The lowest BCUT2D eigenvalue weighted by Gasteiger charge is -2.18. The second-order valence-corrected chi connectivity index (χ2v) is 4.43. The van der Waals surface area contributed by atoms with Gasteiger partial charge in [0.1, 0.15) is 0 Å². The quantitative estimate of drug-likeness (QED) is 0.786. The van der Waals surface area contributed by atoms with E-state index in [0.29, 0.717) is 22.9 Å². The first-order chi connectivity index (χ1) is 7.97. The lowest BCUT2D eigenvalue weighted by Crippen LogP contribution is -2.36. The third kappa shape index (κ3) is 3.12. The molecule has 94 valence electrons. The van der Waals surface area contributed by atoms with E-state index >= 15 is 0 Å². The number of nitrogens with one attached hydrogen (secondary N) is 1. The van der Waals surface area contributed by atoms with Gasteiger partial charge in [0.2, 0.25) is 0 Å². The predicted octanol–water partition coefficient (Wildman–Crippen LogP) is 2.05. The Hall–Kier alpha value is -1.71. The number of benzene rings is 1. The van der Waals surface area contributed by atoms with Gasteiger partial charge in [0.25, 0.3) is 5.91 Å². The molecule has 0 aromatic heterocycles. The van der Waals surface area contributed by atoms with Gasteiger partial charge in [-0.1, -0.05) is 19.9 Å². The minimum absolute atomic E-state index is 0.105. The summed E-state index contributed by atoms with van der Waals surface area (Å²) in [7, 11) is 1.51. The third-order valence-electron chi connectivity index (χ3n) is 2.85. The molecule has 1 unspecified atom stereocenters. The van der Waals surface area contributed by atoms with Gasteiger partial charge >= 0.3 is 0 Å². The van der Waals surface area contributed by atoms with Crippen molar-refractivity contribution in [2.75, 3.05) is 12.8 Å². The number of rotatable bonds is 4. The maximum Gasteiger partial charge on any atom is 0.255 e. The number of para-hydroxylation sites is 1. The van der Waals surface area contributed by atoms with E-state index in [1.165, 1.54) is 7.11 Å². The van der Waals surface area contributed by atoms with Crippen LogP contribution in [0.4, 0.5) is 5.69 Å². The van der Waals surface area contributed by atoms with Crippen molar-refractivity contribution in [2.45, 2.75) is 26.8 Å². The second-order valence-electron chi connectivity index (χ2n) is 4.43. The number of nitrogens with two attached hydrogens (primary N) is 1. The zero-order valence-electron chi connectivity index (χ0n) is 10.8. The first-order valence-corrected chi connectivity index (χ1v) is 5.70. The van der Waals surface area contributed by atoms with Crippen LogP contribution < -0.4 is 15.8 Å². The summed E-state index contributed by atoms with van der Waals surface area (Å²) < 4.78 is 5.15. The Morgan fingerprint density at radius 1 is 1.35 bits per heavy atom. The molecule has 1 amide bonds. The van der Waals surface area contributed by atoms with Crippen LogP contribution in [-0.4, -0.2) is 19.1 Å². The molecule has 0 saturated carbocycles. The smallest absolute Gasteiger partial charge is 0.255 e. The van der Waals surface area contributed by atoms with Crippen molar-refractivity contribution in [3.05, 3.63) is 23.8 Å². The molecule has 0 aliphatic carbocycles. The molecule has 1 aromatic rings. The topological polar surface area (TPSA) is 64.3 Å². The van der Waals surface area contributed by atoms with Gasteiger partial charge in [-0.3, -0.25) is 4.79 Å². The molecule has 1 atom stereocenters. The number of amides is 1. The van der Waals surface area contributed by atoms with Crippen LogP contribution in [0.1, 0.15) is 31.1 Å². The van der Waals surface area contributed by atoms with Gasteiger partial charge in [0.05, 0.1) is 18.4 Å². The van der Waals surface area contributed by atoms with Crippen molar-refractivity contribution in [3.8, 4) is 5.75 Å². The fourth-order valence-corrected chi connectivity index (χ4v) is 1.41. The molecular weight excluding hydrogens is 216 g/mol. The van der Waals surface area contributed by atoms with Gasteiger partial charge in [0, 0.05) is 6.04 Å². The largest absolute Gasteiger partial charge is 0.494 e. The fourth-order valence-electron chi connectivity index (χ4n) is 1.41. The Labute approximate surface area is 102 Å². The Morgan fingerprint density at radius 2 is 2.00 bits per heavy atom. The number of methoxy groups -OCH3 is 1. The number of hydrogen-bond acceptors (Lipinski definition) is 3. The summed E-state index contributed by atoms with van der Waals surface area (Å²) in [6.45, 7) is 6.09. The molecule has 0 radical (unpaired) electrons. The number of hydrogen-bond donors (Lipinski definition) is 2. The highest BCUT2D eigenvalue weighted by atomic mass is 16.5. The van der Waals surface area contributed by atoms with Crippen LogP contribution >= 0.6 is 0 Å². The van der Waals surface area contributed by atoms with E-state index in [1.807, 2.05) is 6.92 Å². The van der Waals surface area contributed by atoms with Crippen LogP contribution in [0.5, 0.6) is 5.75 Å². The average molecular weight is 236 g/mol. The fraction of sp³-hybridized carbons (Fsp3) is 0.462. The van der Waals surface area contributed by atoms with Crippen LogP contribution in [0.15, 0.2) is 18.2 Å². The van der Waals surface area contributed by atoms with E-state index in [9.17, 15) is 4.79 Å². The van der Waals surface area contributed by atoms with Crippen molar-refractivity contribution in [3.63, 3.8) is 0 Å². The summed E-state index contributed by atoms with van der Waals surface area (Å²) in [5.74, 6) is 0.655. The highest BCUT2D eigenvalue weighted by molar-refractivity contribution is 5.98. The lowest BCUT2D eigenvalue weighted by atomic mass is 10.1. The monoisotopic (exact) mass is 236 g/mol. The van der Waals surface area contributed by atoms with Crippen molar-refractivity contribution >= 4 is 11.6 Å². The summed E-state index contributed by atoms with van der Waals surface area (Å²) in [5.41, 5.74) is 6.70. The summed E-state index contributed by atoms with van der Waals surface area (Å²) in [4.78, 5) is 12.0. The van der Waals surface area contributed by atoms with Crippen molar-refractivity contribution in [2.24, 2.45) is 5.92 Å². The van der Waals surface area contributed by atoms with Gasteiger partial charge in [0.15, 0.2) is 5.75 Å². The molecule has 17 heavy (non-hydrogen) atoms. The van der Waals surface area contributed by atoms with Crippen molar-refractivity contribution in [1.29, 1.82) is 0 Å². The Kier molecular flexibility index (Phi) is 4.37.